The lowest BCUT2D eigenvalue weighted by Gasteiger charge is -2.06. The summed E-state index contributed by atoms with van der Waals surface area (Å²) in [5.74, 6) is -0.802. The van der Waals surface area contributed by atoms with Crippen LogP contribution < -0.4 is 0 Å². The van der Waals surface area contributed by atoms with E-state index in [2.05, 4.69) is 20.9 Å². The summed E-state index contributed by atoms with van der Waals surface area (Å²) in [6.07, 6.45) is 1.79. The maximum absolute atomic E-state index is 13.2. The standard InChI is InChI=1S/C17H14BrFN2O2/c1-3-23-17(22)16-15(11-4-6-12(19)7-5-11)20-14-8-10(2)13(18)9-21(14)16/h4-9H,3H2,1-2H3. The van der Waals surface area contributed by atoms with Crippen LogP contribution in [0.4, 0.5) is 4.39 Å². The quantitative estimate of drug-likeness (QED) is 0.636. The van der Waals surface area contributed by atoms with E-state index in [1.165, 1.54) is 12.1 Å². The topological polar surface area (TPSA) is 43.6 Å². The van der Waals surface area contributed by atoms with Gasteiger partial charge in [0.05, 0.1) is 6.61 Å². The third-order valence-electron chi connectivity index (χ3n) is 3.49. The number of pyridine rings is 1. The summed E-state index contributed by atoms with van der Waals surface area (Å²) in [6, 6.07) is 7.76. The Kier molecular flexibility index (Phi) is 4.17. The number of aromatic nitrogens is 2. The number of aryl methyl sites for hydroxylation is 1. The molecule has 0 aliphatic heterocycles. The second-order valence-corrected chi connectivity index (χ2v) is 5.92. The van der Waals surface area contributed by atoms with Gasteiger partial charge in [-0.1, -0.05) is 0 Å². The molecule has 1 aromatic carbocycles. The van der Waals surface area contributed by atoms with Gasteiger partial charge in [0.25, 0.3) is 0 Å². The Morgan fingerprint density at radius 3 is 2.70 bits per heavy atom. The Morgan fingerprint density at radius 1 is 1.35 bits per heavy atom. The van der Waals surface area contributed by atoms with Crippen molar-refractivity contribution >= 4 is 27.5 Å². The minimum atomic E-state index is -0.463. The molecule has 0 amide bonds. The fourth-order valence-electron chi connectivity index (χ4n) is 2.36. The van der Waals surface area contributed by atoms with E-state index in [0.717, 1.165) is 10.0 Å². The maximum Gasteiger partial charge on any atom is 0.357 e. The van der Waals surface area contributed by atoms with E-state index in [1.807, 2.05) is 13.0 Å². The first kappa shape index (κ1) is 15.7. The summed E-state index contributed by atoms with van der Waals surface area (Å²) in [7, 11) is 0. The number of hydrogen-bond acceptors (Lipinski definition) is 3. The first-order chi connectivity index (χ1) is 11.0. The highest BCUT2D eigenvalue weighted by molar-refractivity contribution is 9.10. The fourth-order valence-corrected chi connectivity index (χ4v) is 2.68. The zero-order valence-corrected chi connectivity index (χ0v) is 14.2. The van der Waals surface area contributed by atoms with Crippen molar-refractivity contribution in [2.75, 3.05) is 6.61 Å². The normalized spacial score (nSPS) is 11.0. The van der Waals surface area contributed by atoms with E-state index in [4.69, 9.17) is 4.74 Å². The first-order valence-corrected chi connectivity index (χ1v) is 7.92. The number of ether oxygens (including phenoxy) is 1. The van der Waals surface area contributed by atoms with E-state index < -0.39 is 5.97 Å². The number of fused-ring (bicyclic) bond motifs is 1. The van der Waals surface area contributed by atoms with Crippen molar-refractivity contribution in [2.24, 2.45) is 0 Å². The summed E-state index contributed by atoms with van der Waals surface area (Å²) in [4.78, 5) is 16.9. The predicted octanol–water partition coefficient (Wildman–Crippen LogP) is 4.39. The van der Waals surface area contributed by atoms with Crippen LogP contribution in [-0.4, -0.2) is 22.0 Å². The summed E-state index contributed by atoms with van der Waals surface area (Å²) in [6.45, 7) is 3.96. The van der Waals surface area contributed by atoms with Crippen molar-refractivity contribution in [1.82, 2.24) is 9.38 Å². The SMILES string of the molecule is CCOC(=O)c1c(-c2ccc(F)cc2)nc2cc(C)c(Br)cn12. The van der Waals surface area contributed by atoms with E-state index in [-0.39, 0.29) is 12.4 Å². The Balaban J connectivity index is 2.29. The van der Waals surface area contributed by atoms with Crippen LogP contribution in [0, 0.1) is 12.7 Å². The monoisotopic (exact) mass is 376 g/mol. The molecule has 0 spiro atoms. The lowest BCUT2D eigenvalue weighted by molar-refractivity contribution is 0.0519. The molecule has 3 aromatic rings. The fraction of sp³-hybridized carbons (Fsp3) is 0.176. The molecule has 4 nitrogen and oxygen atoms in total. The van der Waals surface area contributed by atoms with Crippen LogP contribution in [0.2, 0.25) is 0 Å². The minimum Gasteiger partial charge on any atom is -0.461 e. The highest BCUT2D eigenvalue weighted by Gasteiger charge is 2.22. The van der Waals surface area contributed by atoms with Gasteiger partial charge in [-0.15, -0.1) is 0 Å². The molecule has 3 rings (SSSR count). The summed E-state index contributed by atoms with van der Waals surface area (Å²) in [5, 5.41) is 0. The highest BCUT2D eigenvalue weighted by Crippen LogP contribution is 2.28. The molecule has 2 aromatic heterocycles. The number of esters is 1. The molecule has 0 radical (unpaired) electrons. The Labute approximate surface area is 141 Å². The van der Waals surface area contributed by atoms with E-state index in [0.29, 0.717) is 22.6 Å². The van der Waals surface area contributed by atoms with Crippen LogP contribution >= 0.6 is 15.9 Å². The molecule has 0 saturated carbocycles. The average Bonchev–Trinajstić information content (AvgIpc) is 2.87. The van der Waals surface area contributed by atoms with Gasteiger partial charge in [-0.05, 0) is 65.7 Å². The zero-order chi connectivity index (χ0) is 16.6. The third kappa shape index (κ3) is 2.86. The van der Waals surface area contributed by atoms with Crippen molar-refractivity contribution in [1.29, 1.82) is 0 Å². The van der Waals surface area contributed by atoms with E-state index in [9.17, 15) is 9.18 Å². The number of imidazole rings is 1. The number of nitrogens with zero attached hydrogens (tertiary/aromatic N) is 2. The molecule has 0 aliphatic rings. The Morgan fingerprint density at radius 2 is 2.04 bits per heavy atom. The largest absolute Gasteiger partial charge is 0.461 e. The van der Waals surface area contributed by atoms with Gasteiger partial charge in [0, 0.05) is 16.2 Å². The van der Waals surface area contributed by atoms with Gasteiger partial charge in [0.15, 0.2) is 5.69 Å². The second-order valence-electron chi connectivity index (χ2n) is 5.07. The van der Waals surface area contributed by atoms with Crippen LogP contribution in [0.25, 0.3) is 16.9 Å². The lowest BCUT2D eigenvalue weighted by atomic mass is 10.1. The highest BCUT2D eigenvalue weighted by atomic mass is 79.9. The van der Waals surface area contributed by atoms with Gasteiger partial charge < -0.3 is 4.74 Å². The van der Waals surface area contributed by atoms with Crippen molar-refractivity contribution in [2.45, 2.75) is 13.8 Å². The van der Waals surface area contributed by atoms with Crippen LogP contribution in [0.3, 0.4) is 0 Å². The molecule has 0 fully saturated rings. The van der Waals surface area contributed by atoms with Gasteiger partial charge in [0.1, 0.15) is 17.2 Å². The first-order valence-electron chi connectivity index (χ1n) is 7.12. The van der Waals surface area contributed by atoms with Crippen LogP contribution in [0.5, 0.6) is 0 Å². The molecule has 0 unspecified atom stereocenters. The molecule has 6 heteroatoms. The smallest absolute Gasteiger partial charge is 0.357 e. The van der Waals surface area contributed by atoms with Crippen molar-refractivity contribution in [3.05, 3.63) is 58.1 Å². The molecule has 0 aliphatic carbocycles. The number of hydrogen-bond donors (Lipinski definition) is 0. The van der Waals surface area contributed by atoms with Crippen molar-refractivity contribution in [3.63, 3.8) is 0 Å². The van der Waals surface area contributed by atoms with Gasteiger partial charge in [0.2, 0.25) is 0 Å². The third-order valence-corrected chi connectivity index (χ3v) is 4.32. The number of benzene rings is 1. The number of halogens is 2. The second kappa shape index (κ2) is 6.12. The molecular formula is C17H14BrFN2O2. The van der Waals surface area contributed by atoms with Crippen molar-refractivity contribution in [3.8, 4) is 11.3 Å². The average molecular weight is 377 g/mol. The van der Waals surface area contributed by atoms with Gasteiger partial charge in [-0.2, -0.15) is 0 Å². The number of rotatable bonds is 3. The molecule has 0 bridgehead atoms. The molecule has 0 saturated heterocycles. The summed E-state index contributed by atoms with van der Waals surface area (Å²) < 4.78 is 20.9. The van der Waals surface area contributed by atoms with E-state index >= 15 is 0 Å². The Bertz CT molecular complexity index is 888. The van der Waals surface area contributed by atoms with Gasteiger partial charge >= 0.3 is 5.97 Å². The predicted molar refractivity (Wildman–Crippen MR) is 89.0 cm³/mol. The van der Waals surface area contributed by atoms with Crippen molar-refractivity contribution < 1.29 is 13.9 Å². The summed E-state index contributed by atoms with van der Waals surface area (Å²) >= 11 is 3.46. The van der Waals surface area contributed by atoms with Crippen LogP contribution in [0.15, 0.2) is 41.0 Å². The minimum absolute atomic E-state index is 0.266. The van der Waals surface area contributed by atoms with Crippen LogP contribution in [-0.2, 0) is 4.74 Å². The molecule has 0 atom stereocenters. The molecular weight excluding hydrogens is 363 g/mol. The number of carbonyl (C=O) groups is 1. The summed E-state index contributed by atoms with van der Waals surface area (Å²) in [5.41, 5.74) is 3.10. The van der Waals surface area contributed by atoms with E-state index in [1.54, 1.807) is 29.7 Å². The van der Waals surface area contributed by atoms with Gasteiger partial charge in [-0.25, -0.2) is 14.2 Å². The molecule has 23 heavy (non-hydrogen) atoms. The van der Waals surface area contributed by atoms with Crippen LogP contribution in [0.1, 0.15) is 23.0 Å². The molecule has 0 N–H and O–H groups in total. The maximum atomic E-state index is 13.2. The molecule has 118 valence electrons. The lowest BCUT2D eigenvalue weighted by Crippen LogP contribution is -2.09. The zero-order valence-electron chi connectivity index (χ0n) is 12.6. The van der Waals surface area contributed by atoms with Gasteiger partial charge in [-0.3, -0.25) is 4.40 Å². The number of carbonyl (C=O) groups excluding carboxylic acids is 1. The molecule has 2 heterocycles. The Hall–Kier alpha value is -2.21.